The fraction of sp³-hybridized carbons (Fsp3) is 0.143. The summed E-state index contributed by atoms with van der Waals surface area (Å²) in [6, 6.07) is 9.65. The van der Waals surface area contributed by atoms with Gasteiger partial charge in [-0.2, -0.15) is 9.64 Å². The molecule has 116 valence electrons. The molecule has 0 N–H and O–H groups in total. The highest BCUT2D eigenvalue weighted by Crippen LogP contribution is 2.37. The van der Waals surface area contributed by atoms with E-state index in [1.54, 1.807) is 7.11 Å². The predicted molar refractivity (Wildman–Crippen MR) is 89.0 cm³/mol. The maximum atomic E-state index is 9.15. The summed E-state index contributed by atoms with van der Waals surface area (Å²) in [4.78, 5) is 0. The van der Waals surface area contributed by atoms with Crippen LogP contribution in [0.4, 0.5) is 0 Å². The Labute approximate surface area is 145 Å². The Morgan fingerprint density at radius 3 is 2.87 bits per heavy atom. The largest absolute Gasteiger partial charge is 0.496 e. The number of nitrogens with zero attached hydrogens (tertiary/aromatic N) is 5. The van der Waals surface area contributed by atoms with E-state index in [0.717, 1.165) is 11.3 Å². The molecule has 0 aliphatic heterocycles. The van der Waals surface area contributed by atoms with Crippen molar-refractivity contribution in [3.8, 4) is 23.2 Å². The molecule has 6 nitrogen and oxygen atoms in total. The molecule has 0 unspecified atom stereocenters. The van der Waals surface area contributed by atoms with E-state index in [0.29, 0.717) is 20.8 Å². The van der Waals surface area contributed by atoms with Crippen molar-refractivity contribution in [1.82, 2.24) is 19.1 Å². The summed E-state index contributed by atoms with van der Waals surface area (Å²) in [6.07, 6.45) is 0. The van der Waals surface area contributed by atoms with Gasteiger partial charge in [0.05, 0.1) is 12.7 Å². The molecule has 0 fully saturated rings. The molecule has 0 aliphatic carbocycles. The Hall–Kier alpha value is -2.08. The van der Waals surface area contributed by atoms with Crippen LogP contribution in [0.15, 0.2) is 33.6 Å². The van der Waals surface area contributed by atoms with Gasteiger partial charge >= 0.3 is 0 Å². The maximum Gasteiger partial charge on any atom is 0.196 e. The van der Waals surface area contributed by atoms with Crippen LogP contribution in [0.2, 0.25) is 5.15 Å². The second kappa shape index (κ2) is 6.58. The smallest absolute Gasteiger partial charge is 0.196 e. The Morgan fingerprint density at radius 1 is 1.35 bits per heavy atom. The molecule has 3 aromatic rings. The zero-order chi connectivity index (χ0) is 16.4. The Kier molecular flexibility index (Phi) is 4.52. The molecule has 2 heterocycles. The minimum absolute atomic E-state index is 0.215. The summed E-state index contributed by atoms with van der Waals surface area (Å²) in [6.45, 7) is 0. The molecule has 23 heavy (non-hydrogen) atoms. The topological polar surface area (TPSA) is 76.6 Å². The average Bonchev–Trinajstić information content (AvgIpc) is 3.11. The first kappa shape index (κ1) is 15.8. The van der Waals surface area contributed by atoms with E-state index >= 15 is 0 Å². The highest BCUT2D eigenvalue weighted by Gasteiger charge is 2.19. The van der Waals surface area contributed by atoms with Crippen molar-refractivity contribution in [2.75, 3.05) is 7.11 Å². The molecule has 0 bridgehead atoms. The lowest BCUT2D eigenvalue weighted by molar-refractivity contribution is 0.416. The number of halogens is 1. The Balaban J connectivity index is 1.98. The number of para-hydroxylation sites is 1. The molecule has 0 atom stereocenters. The zero-order valence-corrected chi connectivity index (χ0v) is 14.5. The SMILES string of the molecule is COc1ccccc1-c1nnc(Sc2snc(Cl)c2C#N)n1C. The van der Waals surface area contributed by atoms with Crippen LogP contribution in [0, 0.1) is 11.3 Å². The summed E-state index contributed by atoms with van der Waals surface area (Å²) >= 11 is 8.38. The van der Waals surface area contributed by atoms with Gasteiger partial charge in [0.2, 0.25) is 0 Å². The predicted octanol–water partition coefficient (Wildman–Crippen LogP) is 3.62. The first-order valence-electron chi connectivity index (χ1n) is 6.41. The van der Waals surface area contributed by atoms with Gasteiger partial charge in [0.25, 0.3) is 0 Å². The van der Waals surface area contributed by atoms with E-state index < -0.39 is 0 Å². The van der Waals surface area contributed by atoms with Crippen LogP contribution in [0.3, 0.4) is 0 Å². The van der Waals surface area contributed by atoms with Crippen molar-refractivity contribution < 1.29 is 4.74 Å². The third-order valence-corrected chi connectivity index (χ3v) is 5.52. The number of aromatic nitrogens is 4. The van der Waals surface area contributed by atoms with Crippen LogP contribution in [-0.2, 0) is 7.05 Å². The lowest BCUT2D eigenvalue weighted by Gasteiger charge is -2.07. The van der Waals surface area contributed by atoms with Crippen LogP contribution in [0.5, 0.6) is 5.75 Å². The number of ether oxygens (including phenoxy) is 1. The van der Waals surface area contributed by atoms with Gasteiger partial charge < -0.3 is 9.30 Å². The van der Waals surface area contributed by atoms with Crippen molar-refractivity contribution in [1.29, 1.82) is 5.26 Å². The lowest BCUT2D eigenvalue weighted by Crippen LogP contribution is -1.96. The summed E-state index contributed by atoms with van der Waals surface area (Å²) in [5.74, 6) is 1.40. The fourth-order valence-corrected chi connectivity index (χ4v) is 4.01. The molecule has 1 aromatic carbocycles. The molecular weight excluding hydrogens is 354 g/mol. The van der Waals surface area contributed by atoms with Gasteiger partial charge in [0.1, 0.15) is 21.6 Å². The minimum Gasteiger partial charge on any atom is -0.496 e. The average molecular weight is 364 g/mol. The summed E-state index contributed by atoms with van der Waals surface area (Å²) in [5, 5.41) is 18.4. The number of benzene rings is 1. The molecule has 0 saturated carbocycles. The standard InChI is InChI=1S/C14H10ClN5OS2/c1-20-12(8-5-3-4-6-10(8)21-2)17-18-14(20)22-13-9(7-16)11(15)19-23-13/h3-6H,1-2H3. The minimum atomic E-state index is 0.215. The highest BCUT2D eigenvalue weighted by atomic mass is 35.5. The molecule has 0 saturated heterocycles. The first-order chi connectivity index (χ1) is 11.2. The third-order valence-electron chi connectivity index (χ3n) is 3.10. The highest BCUT2D eigenvalue weighted by molar-refractivity contribution is 8.01. The molecular formula is C14H10ClN5OS2. The lowest BCUT2D eigenvalue weighted by atomic mass is 10.2. The van der Waals surface area contributed by atoms with E-state index in [-0.39, 0.29) is 5.15 Å². The Bertz CT molecular complexity index is 899. The van der Waals surface area contributed by atoms with Crippen LogP contribution in [0.1, 0.15) is 5.56 Å². The van der Waals surface area contributed by atoms with Gasteiger partial charge in [-0.25, -0.2) is 0 Å². The van der Waals surface area contributed by atoms with E-state index in [4.69, 9.17) is 21.6 Å². The number of nitriles is 1. The van der Waals surface area contributed by atoms with Crippen molar-refractivity contribution in [2.24, 2.45) is 7.05 Å². The van der Waals surface area contributed by atoms with Gasteiger partial charge in [0, 0.05) is 7.05 Å². The van der Waals surface area contributed by atoms with E-state index in [9.17, 15) is 0 Å². The molecule has 2 aromatic heterocycles. The van der Waals surface area contributed by atoms with Crippen LogP contribution in [-0.4, -0.2) is 26.2 Å². The van der Waals surface area contributed by atoms with Crippen molar-refractivity contribution in [3.63, 3.8) is 0 Å². The van der Waals surface area contributed by atoms with Crippen molar-refractivity contribution in [3.05, 3.63) is 35.0 Å². The fourth-order valence-electron chi connectivity index (χ4n) is 1.97. The summed E-state index contributed by atoms with van der Waals surface area (Å²) in [5.41, 5.74) is 1.21. The number of hydrogen-bond acceptors (Lipinski definition) is 7. The van der Waals surface area contributed by atoms with E-state index in [1.165, 1.54) is 23.3 Å². The number of methoxy groups -OCH3 is 1. The monoisotopic (exact) mass is 363 g/mol. The van der Waals surface area contributed by atoms with Crippen molar-refractivity contribution >= 4 is 34.9 Å². The molecule has 9 heteroatoms. The summed E-state index contributed by atoms with van der Waals surface area (Å²) < 4.78 is 11.9. The number of rotatable bonds is 4. The van der Waals surface area contributed by atoms with Crippen LogP contribution >= 0.6 is 34.9 Å². The van der Waals surface area contributed by atoms with Crippen LogP contribution in [0.25, 0.3) is 11.4 Å². The van der Waals surface area contributed by atoms with Crippen LogP contribution < -0.4 is 4.74 Å². The molecule has 0 radical (unpaired) electrons. The molecule has 0 spiro atoms. The first-order valence-corrected chi connectivity index (χ1v) is 8.38. The van der Waals surface area contributed by atoms with E-state index in [1.807, 2.05) is 35.9 Å². The zero-order valence-electron chi connectivity index (χ0n) is 12.1. The van der Waals surface area contributed by atoms with Gasteiger partial charge in [-0.05, 0) is 35.4 Å². The molecule has 0 aliphatic rings. The maximum absolute atomic E-state index is 9.15. The third kappa shape index (κ3) is 2.91. The normalized spacial score (nSPS) is 10.5. The Morgan fingerprint density at radius 2 is 2.13 bits per heavy atom. The number of hydrogen-bond donors (Lipinski definition) is 0. The quantitative estimate of drug-likeness (QED) is 0.704. The van der Waals surface area contributed by atoms with Gasteiger partial charge in [-0.3, -0.25) is 0 Å². The van der Waals surface area contributed by atoms with Crippen molar-refractivity contribution in [2.45, 2.75) is 9.37 Å². The van der Waals surface area contributed by atoms with Gasteiger partial charge in [-0.1, -0.05) is 23.7 Å². The molecule has 0 amide bonds. The summed E-state index contributed by atoms with van der Waals surface area (Å²) in [7, 11) is 3.47. The molecule has 3 rings (SSSR count). The van der Waals surface area contributed by atoms with Gasteiger partial charge in [0.15, 0.2) is 16.1 Å². The van der Waals surface area contributed by atoms with Gasteiger partial charge in [-0.15, -0.1) is 10.2 Å². The van der Waals surface area contributed by atoms with E-state index in [2.05, 4.69) is 20.6 Å². The second-order valence-corrected chi connectivity index (χ2v) is 6.78. The second-order valence-electron chi connectivity index (χ2n) is 4.42.